The minimum atomic E-state index is -0.984. The van der Waals surface area contributed by atoms with Crippen molar-refractivity contribution in [2.75, 3.05) is 4.90 Å². The van der Waals surface area contributed by atoms with E-state index in [1.807, 2.05) is 58.8 Å². The summed E-state index contributed by atoms with van der Waals surface area (Å²) in [6.45, 7) is 3.93. The minimum Gasteiger partial charge on any atom is -0.484 e. The summed E-state index contributed by atoms with van der Waals surface area (Å²) in [6, 6.07) is 11.2. The van der Waals surface area contributed by atoms with Crippen LogP contribution in [0.15, 0.2) is 42.6 Å². The quantitative estimate of drug-likeness (QED) is 0.560. The summed E-state index contributed by atoms with van der Waals surface area (Å²) in [5.74, 6) is 1.30. The SMILES string of the molecule is C[C@@H]1CCC[C@](C)(O)N1c1nnc2ccc(O[C@@H]3CC[C@H](NC(N)=O)c4ccccc43)cn12. The zero-order chi connectivity index (χ0) is 23.2. The van der Waals surface area contributed by atoms with Gasteiger partial charge >= 0.3 is 6.03 Å². The van der Waals surface area contributed by atoms with E-state index in [1.165, 1.54) is 0 Å². The molecular weight excluding hydrogens is 420 g/mol. The molecule has 1 aliphatic heterocycles. The molecule has 174 valence electrons. The molecule has 2 aromatic heterocycles. The molecule has 0 unspecified atom stereocenters. The van der Waals surface area contributed by atoms with E-state index >= 15 is 0 Å². The number of hydrogen-bond acceptors (Lipinski definition) is 6. The van der Waals surface area contributed by atoms with Crippen molar-refractivity contribution >= 4 is 17.6 Å². The third-order valence-electron chi connectivity index (χ3n) is 6.84. The average molecular weight is 451 g/mol. The number of aromatic nitrogens is 3. The molecule has 1 saturated heterocycles. The van der Waals surface area contributed by atoms with Gasteiger partial charge in [0.25, 0.3) is 0 Å². The number of nitrogens with zero attached hydrogens (tertiary/aromatic N) is 4. The number of urea groups is 1. The Morgan fingerprint density at radius 2 is 1.97 bits per heavy atom. The lowest BCUT2D eigenvalue weighted by molar-refractivity contribution is 0.0185. The standard InChI is InChI=1S/C24H30N6O3/c1-15-6-5-13-24(2,32)30(15)23-28-27-21-12-9-16(14-29(21)23)33-20-11-10-19(26-22(25)31)17-7-3-4-8-18(17)20/h3-4,7-9,12,14-15,19-20,32H,5-6,10-11,13H2,1-2H3,(H3,25,26,31)/t15-,19+,20-,24+/m1/s1. The molecule has 2 aliphatic rings. The second kappa shape index (κ2) is 8.22. The predicted molar refractivity (Wildman–Crippen MR) is 124 cm³/mol. The van der Waals surface area contributed by atoms with Crippen molar-refractivity contribution in [2.24, 2.45) is 5.73 Å². The first-order chi connectivity index (χ1) is 15.8. The largest absolute Gasteiger partial charge is 0.484 e. The van der Waals surface area contributed by atoms with E-state index in [-0.39, 0.29) is 18.2 Å². The van der Waals surface area contributed by atoms with Crippen LogP contribution in [0.25, 0.3) is 5.65 Å². The van der Waals surface area contributed by atoms with Gasteiger partial charge in [0, 0.05) is 6.04 Å². The fourth-order valence-electron chi connectivity index (χ4n) is 5.32. The van der Waals surface area contributed by atoms with E-state index in [2.05, 4.69) is 22.4 Å². The number of amides is 2. The molecule has 33 heavy (non-hydrogen) atoms. The van der Waals surface area contributed by atoms with E-state index in [0.717, 1.165) is 36.8 Å². The number of nitrogens with two attached hydrogens (primary N) is 1. The van der Waals surface area contributed by atoms with Crippen LogP contribution in [0.1, 0.15) is 69.2 Å². The summed E-state index contributed by atoms with van der Waals surface area (Å²) < 4.78 is 8.32. The predicted octanol–water partition coefficient (Wildman–Crippen LogP) is 3.44. The number of primary amides is 1. The fourth-order valence-corrected chi connectivity index (χ4v) is 5.32. The molecule has 0 bridgehead atoms. The molecule has 1 fully saturated rings. The van der Waals surface area contributed by atoms with Gasteiger partial charge in [-0.05, 0) is 69.2 Å². The number of piperidine rings is 1. The maximum absolute atomic E-state index is 11.4. The number of ether oxygens (including phenoxy) is 1. The van der Waals surface area contributed by atoms with Gasteiger partial charge in [-0.15, -0.1) is 10.2 Å². The van der Waals surface area contributed by atoms with Gasteiger partial charge in [0.2, 0.25) is 5.95 Å². The molecule has 1 aliphatic carbocycles. The van der Waals surface area contributed by atoms with Crippen LogP contribution < -0.4 is 20.7 Å². The van der Waals surface area contributed by atoms with E-state index in [1.54, 1.807) is 0 Å². The highest BCUT2D eigenvalue weighted by atomic mass is 16.5. The highest BCUT2D eigenvalue weighted by molar-refractivity contribution is 5.72. The van der Waals surface area contributed by atoms with Gasteiger partial charge in [0.15, 0.2) is 5.65 Å². The summed E-state index contributed by atoms with van der Waals surface area (Å²) in [4.78, 5) is 13.4. The lowest BCUT2D eigenvalue weighted by Gasteiger charge is -2.45. The van der Waals surface area contributed by atoms with E-state index < -0.39 is 11.8 Å². The van der Waals surface area contributed by atoms with Gasteiger partial charge in [-0.1, -0.05) is 24.3 Å². The number of aliphatic hydroxyl groups is 1. The van der Waals surface area contributed by atoms with Gasteiger partial charge in [-0.25, -0.2) is 4.79 Å². The molecule has 4 atom stereocenters. The zero-order valence-corrected chi connectivity index (χ0v) is 18.9. The summed E-state index contributed by atoms with van der Waals surface area (Å²) >= 11 is 0. The van der Waals surface area contributed by atoms with E-state index in [0.29, 0.717) is 23.8 Å². The highest BCUT2D eigenvalue weighted by Crippen LogP contribution is 2.39. The van der Waals surface area contributed by atoms with Gasteiger partial charge in [-0.3, -0.25) is 4.40 Å². The van der Waals surface area contributed by atoms with Crippen LogP contribution in [-0.4, -0.2) is 37.5 Å². The molecule has 2 amide bonds. The van der Waals surface area contributed by atoms with Crippen LogP contribution in [0.3, 0.4) is 0 Å². The lowest BCUT2D eigenvalue weighted by atomic mass is 9.85. The minimum absolute atomic E-state index is 0.117. The molecule has 4 N–H and O–H groups in total. The molecule has 3 aromatic rings. The summed E-state index contributed by atoms with van der Waals surface area (Å²) in [5.41, 5.74) is 7.14. The van der Waals surface area contributed by atoms with Crippen molar-refractivity contribution in [1.82, 2.24) is 19.9 Å². The molecule has 0 saturated carbocycles. The number of hydrogen-bond donors (Lipinski definition) is 3. The Kier molecular flexibility index (Phi) is 5.36. The van der Waals surface area contributed by atoms with Gasteiger partial charge < -0.3 is 25.8 Å². The summed E-state index contributed by atoms with van der Waals surface area (Å²) in [5, 5.41) is 22.6. The molecule has 9 nitrogen and oxygen atoms in total. The smallest absolute Gasteiger partial charge is 0.312 e. The number of rotatable bonds is 4. The molecule has 0 radical (unpaired) electrons. The Bertz CT molecular complexity index is 1180. The third kappa shape index (κ3) is 3.97. The van der Waals surface area contributed by atoms with Crippen LogP contribution >= 0.6 is 0 Å². The van der Waals surface area contributed by atoms with Crippen molar-refractivity contribution in [3.05, 3.63) is 53.7 Å². The number of carbonyl (C=O) groups excluding carboxylic acids is 1. The van der Waals surface area contributed by atoms with Crippen LogP contribution in [-0.2, 0) is 0 Å². The number of carbonyl (C=O) groups is 1. The molecule has 9 heteroatoms. The maximum Gasteiger partial charge on any atom is 0.312 e. The lowest BCUT2D eigenvalue weighted by Crippen LogP contribution is -2.55. The van der Waals surface area contributed by atoms with Gasteiger partial charge in [0.05, 0.1) is 12.2 Å². The number of pyridine rings is 1. The molecule has 3 heterocycles. The van der Waals surface area contributed by atoms with Crippen molar-refractivity contribution in [3.63, 3.8) is 0 Å². The summed E-state index contributed by atoms with van der Waals surface area (Å²) in [6.07, 6.45) is 5.86. The third-order valence-corrected chi connectivity index (χ3v) is 6.84. The molecular formula is C24H30N6O3. The number of anilines is 1. The first kappa shape index (κ1) is 21.5. The van der Waals surface area contributed by atoms with Crippen molar-refractivity contribution in [1.29, 1.82) is 0 Å². The molecule has 5 rings (SSSR count). The Balaban J connectivity index is 1.46. The Hall–Kier alpha value is -3.33. The van der Waals surface area contributed by atoms with Crippen LogP contribution in [0.5, 0.6) is 5.75 Å². The number of benzene rings is 1. The van der Waals surface area contributed by atoms with Crippen molar-refractivity contribution < 1.29 is 14.6 Å². The molecule has 0 spiro atoms. The van der Waals surface area contributed by atoms with Crippen molar-refractivity contribution in [3.8, 4) is 5.75 Å². The topological polar surface area (TPSA) is 118 Å². The van der Waals surface area contributed by atoms with Gasteiger partial charge in [-0.2, -0.15) is 0 Å². The summed E-state index contributed by atoms with van der Waals surface area (Å²) in [7, 11) is 0. The maximum atomic E-state index is 11.4. The normalized spacial score (nSPS) is 27.2. The van der Waals surface area contributed by atoms with Gasteiger partial charge in [0.1, 0.15) is 17.6 Å². The monoisotopic (exact) mass is 450 g/mol. The van der Waals surface area contributed by atoms with Crippen LogP contribution in [0.2, 0.25) is 0 Å². The first-order valence-corrected chi connectivity index (χ1v) is 11.5. The number of nitrogens with one attached hydrogen (secondary N) is 1. The second-order valence-electron chi connectivity index (χ2n) is 9.30. The second-order valence-corrected chi connectivity index (χ2v) is 9.30. The van der Waals surface area contributed by atoms with E-state index in [9.17, 15) is 9.90 Å². The molecule has 1 aromatic carbocycles. The first-order valence-electron chi connectivity index (χ1n) is 11.5. The fraction of sp³-hybridized carbons (Fsp3) is 0.458. The zero-order valence-electron chi connectivity index (χ0n) is 18.9. The average Bonchev–Trinajstić information content (AvgIpc) is 3.17. The Morgan fingerprint density at radius 3 is 2.73 bits per heavy atom. The highest BCUT2D eigenvalue weighted by Gasteiger charge is 2.39. The van der Waals surface area contributed by atoms with Crippen molar-refractivity contribution in [2.45, 2.75) is 69.9 Å². The Labute approximate surface area is 192 Å². The number of fused-ring (bicyclic) bond motifs is 2. The van der Waals surface area contributed by atoms with Crippen LogP contribution in [0.4, 0.5) is 10.7 Å². The van der Waals surface area contributed by atoms with E-state index in [4.69, 9.17) is 10.5 Å². The Morgan fingerprint density at radius 1 is 1.18 bits per heavy atom. The van der Waals surface area contributed by atoms with Crippen LogP contribution in [0, 0.1) is 0 Å².